The van der Waals surface area contributed by atoms with E-state index in [4.69, 9.17) is 14.2 Å². The van der Waals surface area contributed by atoms with Crippen LogP contribution in [0.5, 0.6) is 0 Å². The summed E-state index contributed by atoms with van der Waals surface area (Å²) >= 11 is 0. The number of carbonyl (C=O) groups excluding carboxylic acids is 2. The highest BCUT2D eigenvalue weighted by atomic mass is 16.6. The van der Waals surface area contributed by atoms with Gasteiger partial charge in [0.15, 0.2) is 5.41 Å². The highest BCUT2D eigenvalue weighted by molar-refractivity contribution is 6.02. The van der Waals surface area contributed by atoms with Gasteiger partial charge in [-0.15, -0.1) is 0 Å². The van der Waals surface area contributed by atoms with Crippen molar-refractivity contribution in [3.8, 4) is 0 Å². The topological polar surface area (TPSA) is 78.0 Å². The predicted molar refractivity (Wildman–Crippen MR) is 90.3 cm³/mol. The zero-order valence-corrected chi connectivity index (χ0v) is 14.9. The van der Waals surface area contributed by atoms with Gasteiger partial charge in [0.05, 0.1) is 43.9 Å². The maximum atomic E-state index is 12.9. The van der Waals surface area contributed by atoms with Crippen LogP contribution in [0.2, 0.25) is 0 Å². The predicted octanol–water partition coefficient (Wildman–Crippen LogP) is 1.26. The van der Waals surface area contributed by atoms with Gasteiger partial charge >= 0.3 is 11.9 Å². The Morgan fingerprint density at radius 2 is 2.00 bits per heavy atom. The monoisotopic (exact) mass is 348 g/mol. The first kappa shape index (κ1) is 17.7. The van der Waals surface area contributed by atoms with E-state index in [1.165, 1.54) is 0 Å². The molecule has 0 saturated carbocycles. The normalized spacial score (nSPS) is 21.1. The van der Waals surface area contributed by atoms with Gasteiger partial charge in [0, 0.05) is 19.2 Å². The highest BCUT2D eigenvalue weighted by Crippen LogP contribution is 2.44. The molecule has 1 saturated heterocycles. The number of hydrogen-bond donors (Lipinski definition) is 0. The van der Waals surface area contributed by atoms with E-state index >= 15 is 0 Å². The van der Waals surface area contributed by atoms with Crippen LogP contribution in [-0.4, -0.2) is 55.9 Å². The first-order chi connectivity index (χ1) is 12.0. The van der Waals surface area contributed by atoms with Crippen molar-refractivity contribution in [2.45, 2.75) is 33.2 Å². The van der Waals surface area contributed by atoms with Crippen molar-refractivity contribution in [2.24, 2.45) is 5.41 Å². The average molecular weight is 348 g/mol. The summed E-state index contributed by atoms with van der Waals surface area (Å²) in [7, 11) is 0. The lowest BCUT2D eigenvalue weighted by Gasteiger charge is -2.49. The molecule has 2 aliphatic rings. The van der Waals surface area contributed by atoms with E-state index in [0.29, 0.717) is 18.8 Å². The largest absolute Gasteiger partial charge is 0.465 e. The van der Waals surface area contributed by atoms with Crippen LogP contribution in [0, 0.1) is 12.3 Å². The molecule has 0 aromatic carbocycles. The minimum absolute atomic E-state index is 0.158. The Kier molecular flexibility index (Phi) is 4.94. The molecule has 0 bridgehead atoms. The van der Waals surface area contributed by atoms with Gasteiger partial charge < -0.3 is 19.1 Å². The van der Waals surface area contributed by atoms with Crippen molar-refractivity contribution in [1.29, 1.82) is 0 Å². The lowest BCUT2D eigenvalue weighted by molar-refractivity contribution is -0.176. The molecule has 0 radical (unpaired) electrons. The summed E-state index contributed by atoms with van der Waals surface area (Å²) in [5, 5.41) is 0. The Labute approximate surface area is 147 Å². The summed E-state index contributed by atoms with van der Waals surface area (Å²) in [6.45, 7) is 7.21. The van der Waals surface area contributed by atoms with Gasteiger partial charge in [-0.05, 0) is 32.4 Å². The zero-order chi connectivity index (χ0) is 18.0. The van der Waals surface area contributed by atoms with Crippen molar-refractivity contribution in [2.75, 3.05) is 37.9 Å². The van der Waals surface area contributed by atoms with Crippen LogP contribution in [0.25, 0.3) is 0 Å². The Bertz CT molecular complexity index is 657. The van der Waals surface area contributed by atoms with Gasteiger partial charge in [-0.25, -0.2) is 0 Å². The molecule has 0 spiro atoms. The molecule has 0 amide bonds. The van der Waals surface area contributed by atoms with Gasteiger partial charge in [0.25, 0.3) is 0 Å². The fourth-order valence-corrected chi connectivity index (χ4v) is 3.67. The number of aryl methyl sites for hydroxylation is 1. The Morgan fingerprint density at radius 3 is 2.64 bits per heavy atom. The number of aromatic nitrogens is 1. The van der Waals surface area contributed by atoms with Gasteiger partial charge in [-0.1, -0.05) is 0 Å². The first-order valence-electron chi connectivity index (χ1n) is 8.69. The number of carbonyl (C=O) groups is 2. The van der Waals surface area contributed by atoms with Gasteiger partial charge in [-0.2, -0.15) is 0 Å². The molecule has 25 heavy (non-hydrogen) atoms. The summed E-state index contributed by atoms with van der Waals surface area (Å²) in [4.78, 5) is 32.4. The first-order valence-corrected chi connectivity index (χ1v) is 8.69. The van der Waals surface area contributed by atoms with Crippen LogP contribution in [-0.2, 0) is 30.2 Å². The number of ether oxygens (including phenoxy) is 3. The molecule has 3 heterocycles. The SMILES string of the molecule is CCOC(=O)C1(C(=O)OCC)Cc2ncc(C)cc2N2CCOCC21. The van der Waals surface area contributed by atoms with Gasteiger partial charge in [0.1, 0.15) is 0 Å². The van der Waals surface area contributed by atoms with E-state index in [1.807, 2.05) is 13.0 Å². The van der Waals surface area contributed by atoms with Crippen LogP contribution in [0.3, 0.4) is 0 Å². The number of morpholine rings is 1. The Morgan fingerprint density at radius 1 is 1.32 bits per heavy atom. The van der Waals surface area contributed by atoms with Crippen LogP contribution in [0.4, 0.5) is 5.69 Å². The lowest BCUT2D eigenvalue weighted by atomic mass is 9.72. The molecule has 7 nitrogen and oxygen atoms in total. The number of fused-ring (bicyclic) bond motifs is 3. The number of hydrogen-bond acceptors (Lipinski definition) is 7. The summed E-state index contributed by atoms with van der Waals surface area (Å²) in [5.74, 6) is -1.14. The third-order valence-corrected chi connectivity index (χ3v) is 4.82. The highest BCUT2D eigenvalue weighted by Gasteiger charge is 2.60. The summed E-state index contributed by atoms with van der Waals surface area (Å²) in [5.41, 5.74) is 1.24. The number of rotatable bonds is 4. The minimum Gasteiger partial charge on any atom is -0.465 e. The lowest BCUT2D eigenvalue weighted by Crippen LogP contribution is -2.65. The standard InChI is InChI=1S/C18H24N2O5/c1-4-24-16(21)18(17(22)25-5-2)9-13-14(8-12(3)10-19-13)20-6-7-23-11-15(18)20/h8,10,15H,4-7,9,11H2,1-3H3. The fraction of sp³-hybridized carbons (Fsp3) is 0.611. The van der Waals surface area contributed by atoms with E-state index < -0.39 is 23.4 Å². The molecular weight excluding hydrogens is 324 g/mol. The second-order valence-electron chi connectivity index (χ2n) is 6.35. The van der Waals surface area contributed by atoms with Gasteiger partial charge in [0.2, 0.25) is 0 Å². The van der Waals surface area contributed by atoms with Crippen molar-refractivity contribution >= 4 is 17.6 Å². The number of pyridine rings is 1. The minimum atomic E-state index is -1.46. The molecule has 3 rings (SSSR count). The zero-order valence-electron chi connectivity index (χ0n) is 14.9. The third kappa shape index (κ3) is 2.86. The molecule has 0 N–H and O–H groups in total. The van der Waals surface area contributed by atoms with Crippen molar-refractivity contribution < 1.29 is 23.8 Å². The van der Waals surface area contributed by atoms with Crippen LogP contribution >= 0.6 is 0 Å². The molecule has 1 atom stereocenters. The molecule has 136 valence electrons. The summed E-state index contributed by atoms with van der Waals surface area (Å²) < 4.78 is 16.2. The number of esters is 2. The molecule has 1 unspecified atom stereocenters. The molecule has 1 aromatic heterocycles. The van der Waals surface area contributed by atoms with Crippen LogP contribution in [0.15, 0.2) is 12.3 Å². The fourth-order valence-electron chi connectivity index (χ4n) is 3.67. The molecule has 2 aliphatic heterocycles. The van der Waals surface area contributed by atoms with Crippen molar-refractivity contribution in [1.82, 2.24) is 4.98 Å². The summed E-state index contributed by atoms with van der Waals surface area (Å²) in [6.07, 6.45) is 1.91. The second-order valence-corrected chi connectivity index (χ2v) is 6.35. The van der Waals surface area contributed by atoms with E-state index in [9.17, 15) is 9.59 Å². The maximum Gasteiger partial charge on any atom is 0.326 e. The third-order valence-electron chi connectivity index (χ3n) is 4.82. The smallest absolute Gasteiger partial charge is 0.326 e. The van der Waals surface area contributed by atoms with Crippen molar-refractivity contribution in [3.05, 3.63) is 23.5 Å². The molecule has 7 heteroatoms. The van der Waals surface area contributed by atoms with Crippen LogP contribution < -0.4 is 4.90 Å². The maximum absolute atomic E-state index is 12.9. The van der Waals surface area contributed by atoms with E-state index in [1.54, 1.807) is 20.0 Å². The number of nitrogens with zero attached hydrogens (tertiary/aromatic N) is 2. The quantitative estimate of drug-likeness (QED) is 0.599. The molecule has 1 aromatic rings. The van der Waals surface area contributed by atoms with Gasteiger partial charge in [-0.3, -0.25) is 14.6 Å². The second kappa shape index (κ2) is 7.00. The van der Waals surface area contributed by atoms with E-state index in [-0.39, 0.29) is 26.2 Å². The molecule has 0 aliphatic carbocycles. The van der Waals surface area contributed by atoms with Crippen LogP contribution in [0.1, 0.15) is 25.1 Å². The Hall–Kier alpha value is -2.15. The summed E-state index contributed by atoms with van der Waals surface area (Å²) in [6, 6.07) is 1.58. The van der Waals surface area contributed by atoms with Crippen molar-refractivity contribution in [3.63, 3.8) is 0 Å². The Balaban J connectivity index is 2.14. The molecular formula is C18H24N2O5. The molecule has 1 fully saturated rings. The van der Waals surface area contributed by atoms with E-state index in [0.717, 1.165) is 11.3 Å². The van der Waals surface area contributed by atoms with E-state index in [2.05, 4.69) is 9.88 Å². The number of anilines is 1. The average Bonchev–Trinajstić information content (AvgIpc) is 2.61.